The maximum absolute atomic E-state index is 11.9. The van der Waals surface area contributed by atoms with Crippen LogP contribution in [0.3, 0.4) is 0 Å². The lowest BCUT2D eigenvalue weighted by atomic mass is 9.85. The van der Waals surface area contributed by atoms with Crippen molar-refractivity contribution in [2.75, 3.05) is 34.4 Å². The predicted molar refractivity (Wildman–Crippen MR) is 543 cm³/mol. The molecule has 0 spiro atoms. The monoisotopic (exact) mass is 1970 g/mol. The van der Waals surface area contributed by atoms with Crippen LogP contribution >= 0.6 is 0 Å². The van der Waals surface area contributed by atoms with Gasteiger partial charge in [-0.3, -0.25) is 42.0 Å². The van der Waals surface area contributed by atoms with Crippen LogP contribution < -0.4 is 5.56 Å². The molecule has 1 N–H and O–H groups in total. The van der Waals surface area contributed by atoms with Crippen LogP contribution in [0.5, 0.6) is 0 Å². The van der Waals surface area contributed by atoms with Gasteiger partial charge in [-0.05, 0) is 178 Å². The molecule has 19 aromatic rings. The molecule has 148 heavy (non-hydrogen) atoms. The summed E-state index contributed by atoms with van der Waals surface area (Å²) < 4.78 is 53.8. The number of methoxy groups -OCH3 is 3. The average Bonchev–Trinajstić information content (AvgIpc) is 1.62. The number of aliphatic imine (C=N–C) groups is 2. The number of pyridine rings is 2. The zero-order chi connectivity index (χ0) is 101. The number of ether oxygens (including phenoxy) is 5. The van der Waals surface area contributed by atoms with Gasteiger partial charge < -0.3 is 47.1 Å². The van der Waals surface area contributed by atoms with Crippen molar-refractivity contribution >= 4 is 11.8 Å². The number of fused-ring (bicyclic) bond motifs is 25. The Kier molecular flexibility index (Phi) is 25.2. The summed E-state index contributed by atoms with van der Waals surface area (Å²) in [5.41, 5.74) is 29.0. The van der Waals surface area contributed by atoms with Gasteiger partial charge in [0.25, 0.3) is 5.56 Å². The second-order valence-electron chi connectivity index (χ2n) is 37.2. The normalized spacial score (nSPS) is 14.6. The molecule has 1 fully saturated rings. The van der Waals surface area contributed by atoms with Crippen LogP contribution in [0.25, 0.3) is 74.0 Å². The average molecular weight is 1970 g/mol. The first-order valence-electron chi connectivity index (χ1n) is 48.5. The third-order valence-corrected chi connectivity index (χ3v) is 27.3. The Morgan fingerprint density at radius 3 is 1.45 bits per heavy atom. The van der Waals surface area contributed by atoms with E-state index in [2.05, 4.69) is 246 Å². The van der Waals surface area contributed by atoms with Gasteiger partial charge in [0, 0.05) is 114 Å². The number of hydrogen-bond donors (Lipinski definition) is 1. The molecule has 2 atom stereocenters. The van der Waals surface area contributed by atoms with Crippen LogP contribution in [0.1, 0.15) is 174 Å². The lowest BCUT2D eigenvalue weighted by Crippen LogP contribution is -2.26. The molecule has 0 amide bonds. The van der Waals surface area contributed by atoms with Gasteiger partial charge in [-0.1, -0.05) is 83.1 Å². The van der Waals surface area contributed by atoms with Gasteiger partial charge >= 0.3 is 0 Å². The van der Waals surface area contributed by atoms with Crippen molar-refractivity contribution in [2.24, 2.45) is 37.0 Å². The molecule has 27 rings (SSSR count). The van der Waals surface area contributed by atoms with E-state index in [1.54, 1.807) is 75.2 Å². The summed E-state index contributed by atoms with van der Waals surface area (Å²) in [6.07, 6.45) is 29.5. The minimum atomic E-state index is -0.135. The van der Waals surface area contributed by atoms with Crippen LogP contribution in [-0.2, 0) is 104 Å². The summed E-state index contributed by atoms with van der Waals surface area (Å²) in [6.45, 7) is 12.2. The fourth-order valence-corrected chi connectivity index (χ4v) is 19.8. The molecule has 40 nitrogen and oxygen atoms in total. The number of aliphatic hydroxyl groups excluding tert-OH is 1. The third kappa shape index (κ3) is 17.9. The molecule has 1 saturated carbocycles. The molecule has 0 bridgehead atoms. The number of nitrogens with zero attached hydrogens (tertiary/aromatic N) is 33. The van der Waals surface area contributed by atoms with E-state index >= 15 is 0 Å². The number of benzene rings is 5. The molecule has 5 aromatic carbocycles. The Labute approximate surface area is 847 Å². The summed E-state index contributed by atoms with van der Waals surface area (Å²) in [6, 6.07) is 42.0. The molecular weight excluding hydrogens is 1870 g/mol. The molecule has 40 heteroatoms. The Balaban J connectivity index is 0.000000102. The number of aliphatic hydroxyl groups is 1. The molecular formula is C108H99N33O7. The maximum Gasteiger partial charge on any atom is 0.251 e. The molecule has 8 aliphatic rings. The molecule has 0 saturated heterocycles. The summed E-state index contributed by atoms with van der Waals surface area (Å²) >= 11 is 0. The van der Waals surface area contributed by atoms with Crippen molar-refractivity contribution in [3.63, 3.8) is 0 Å². The van der Waals surface area contributed by atoms with E-state index in [0.717, 1.165) is 183 Å². The predicted octanol–water partition coefficient (Wildman–Crippen LogP) is 11.4. The van der Waals surface area contributed by atoms with Gasteiger partial charge in [0.2, 0.25) is 11.8 Å². The van der Waals surface area contributed by atoms with E-state index < -0.39 is 0 Å². The van der Waals surface area contributed by atoms with Gasteiger partial charge in [-0.25, -0.2) is 44.3 Å². The molecule has 14 aromatic heterocycles. The number of aryl methyl sites for hydroxylation is 7. The van der Waals surface area contributed by atoms with E-state index in [1.165, 1.54) is 48.3 Å². The van der Waals surface area contributed by atoms with Gasteiger partial charge in [0.1, 0.15) is 104 Å². The van der Waals surface area contributed by atoms with Crippen LogP contribution in [0.2, 0.25) is 0 Å². The largest absolute Gasteiger partial charge is 0.471 e. The maximum atomic E-state index is 11.9. The standard InChI is InChI=1S/C23H20N6O2.C22H24N6O.C21H19N7O2.C21H17N7O.C21H19N7O/c1-15-4-7-19-17(10-15)23-26-25-21(13-31-3)28(23)12-20-18(24-14-29(19)20)6-5-16-8-9-27(2)22(30)11-16;1-14-7-8-17-18(9-14)28-16(11-25-26-28)10-19-21(24-13-27(17)19)22-23-12-20(29-22)15-5-3-2-4-6-15;1-26-8-7-15(25-26)4-5-17-19-10-27-20(12-30-2)23-24-21(27)16-9-14(11-29)3-6-18(16)28(19)13-22-17;1-13-4-5-16-17(7-13)28-15(10-25-26-28)8-18-20(24-12-27(16)18)21-23-11-19(29-21)14-3-2-6-22-9-14;1-14-4-7-18-16(10-14)21-25-24-20(12-29-3)27(21)11-19-17(22-13-28(18)19)6-5-15-8-9-23-26(15)2/h4,7-11,14H,12-13H2,1-3H3;7-9,11,13,15,20H,2-6,10,12H2,1H3;3,6-9,13,29H,10-12H2,1-2H3;2-7,9-10,12,19H,8,11H2,1H3;4,7-10,13H,11-12H2,1-3H3. The summed E-state index contributed by atoms with van der Waals surface area (Å²) in [5.74, 6) is 25.3. The molecule has 738 valence electrons. The second-order valence-corrected chi connectivity index (χ2v) is 37.2. The molecule has 2 unspecified atom stereocenters. The first-order chi connectivity index (χ1) is 72.4. The topological polar surface area (TPSA) is 404 Å². The molecule has 7 aliphatic heterocycles. The molecule has 1 aliphatic carbocycles. The van der Waals surface area contributed by atoms with Crippen molar-refractivity contribution in [3.8, 4) is 109 Å². The summed E-state index contributed by atoms with van der Waals surface area (Å²) in [5, 5.41) is 61.3. The van der Waals surface area contributed by atoms with E-state index in [4.69, 9.17) is 33.7 Å². The lowest BCUT2D eigenvalue weighted by Gasteiger charge is -2.26. The number of rotatable bonds is 11. The van der Waals surface area contributed by atoms with Gasteiger partial charge in [-0.2, -0.15) is 10.2 Å². The fraction of sp³-hybridized carbons (Fsp3) is 0.269. The number of hydrogen-bond acceptors (Lipinski definition) is 27. The Hall–Kier alpha value is -18.2. The Bertz CT molecular complexity index is 8680. The summed E-state index contributed by atoms with van der Waals surface area (Å²) in [7, 11) is 10.4. The summed E-state index contributed by atoms with van der Waals surface area (Å²) in [4.78, 5) is 48.6. The minimum Gasteiger partial charge on any atom is -0.471 e. The Morgan fingerprint density at radius 1 is 0.459 bits per heavy atom. The lowest BCUT2D eigenvalue weighted by molar-refractivity contribution is 0.123. The zero-order valence-corrected chi connectivity index (χ0v) is 82.8. The van der Waals surface area contributed by atoms with Crippen LogP contribution in [-0.4, -0.2) is 209 Å². The zero-order valence-electron chi connectivity index (χ0n) is 82.8. The van der Waals surface area contributed by atoms with Crippen molar-refractivity contribution < 1.29 is 28.8 Å². The van der Waals surface area contributed by atoms with Crippen molar-refractivity contribution in [1.82, 2.24) is 151 Å². The van der Waals surface area contributed by atoms with Crippen LogP contribution in [0, 0.1) is 69.1 Å². The minimum absolute atomic E-state index is 0.0517. The van der Waals surface area contributed by atoms with Crippen molar-refractivity contribution in [1.29, 1.82) is 0 Å². The van der Waals surface area contributed by atoms with Crippen molar-refractivity contribution in [2.45, 2.75) is 131 Å². The first-order valence-corrected chi connectivity index (χ1v) is 48.5. The SMILES string of the molecule is COCc1nnc2n1Cc1c(C#Cc3ccn(C)c(=O)c3)ncn1-c1ccc(C)cc1-2.COCc1nnc2n1Cc1c(C#Cc3ccn(C)n3)ncn1-c1ccc(CO)cc1-2.COCc1nnc2n1Cc1c(C#Cc3ccnn3C)ncn1-c1ccc(C)cc1-2.Cc1ccc2c(c1)-n1nncc1Cc1c(C3=NCC(C4CCCCC4)O3)ncn1-2.Cc1ccc2c(c1)-n1nncc1Cc1c(C3=NCC(c4cccnc4)O3)ncn1-2. The van der Waals surface area contributed by atoms with E-state index in [-0.39, 0.29) is 24.4 Å². The fourth-order valence-electron chi connectivity index (χ4n) is 19.8. The number of aromatic nitrogens is 31. The van der Waals surface area contributed by atoms with Crippen LogP contribution in [0.4, 0.5) is 0 Å². The second kappa shape index (κ2) is 39.9. The van der Waals surface area contributed by atoms with Gasteiger partial charge in [-0.15, -0.1) is 40.8 Å². The highest BCUT2D eigenvalue weighted by atomic mass is 16.5. The molecule has 21 heterocycles. The van der Waals surface area contributed by atoms with E-state index in [1.807, 2.05) is 128 Å². The van der Waals surface area contributed by atoms with Crippen LogP contribution in [0.15, 0.2) is 217 Å². The van der Waals surface area contributed by atoms with Crippen molar-refractivity contribution in [3.05, 3.63) is 349 Å². The Morgan fingerprint density at radius 2 is 0.953 bits per heavy atom. The highest BCUT2D eigenvalue weighted by Gasteiger charge is 2.38. The van der Waals surface area contributed by atoms with E-state index in [0.29, 0.717) is 105 Å². The highest BCUT2D eigenvalue weighted by Crippen LogP contribution is 2.41. The highest BCUT2D eigenvalue weighted by molar-refractivity contribution is 5.96. The first kappa shape index (κ1) is 93.5. The molecule has 0 radical (unpaired) electrons. The van der Waals surface area contributed by atoms with Gasteiger partial charge in [0.05, 0.1) is 138 Å². The smallest absolute Gasteiger partial charge is 0.251 e. The number of imidazole rings is 5. The quantitative estimate of drug-likeness (QED) is 0.118. The van der Waals surface area contributed by atoms with Gasteiger partial charge in [0.15, 0.2) is 34.9 Å². The third-order valence-electron chi connectivity index (χ3n) is 27.3. The van der Waals surface area contributed by atoms with E-state index in [9.17, 15) is 9.90 Å².